The first-order valence-electron chi connectivity index (χ1n) is 4.80. The third kappa shape index (κ3) is 3.67. The predicted molar refractivity (Wildman–Crippen MR) is 59.3 cm³/mol. The van der Waals surface area contributed by atoms with Crippen LogP contribution in [0.15, 0.2) is 24.1 Å². The van der Waals surface area contributed by atoms with E-state index in [0.717, 1.165) is 0 Å². The summed E-state index contributed by atoms with van der Waals surface area (Å²) in [6.07, 6.45) is 3.20. The van der Waals surface area contributed by atoms with Gasteiger partial charge in [-0.05, 0) is 13.3 Å². The summed E-state index contributed by atoms with van der Waals surface area (Å²) in [7, 11) is -3.48. The molecule has 0 saturated carbocycles. The maximum atomic E-state index is 11.6. The minimum Gasteiger partial charge on any atom is -0.502 e. The van der Waals surface area contributed by atoms with Crippen LogP contribution >= 0.6 is 0 Å². The number of H-pyrrole nitrogens is 1. The molecule has 0 aliphatic carbocycles. The summed E-state index contributed by atoms with van der Waals surface area (Å²) < 4.78 is 30.6. The molecule has 0 saturated heterocycles. The molecule has 0 bridgehead atoms. The second-order valence-electron chi connectivity index (χ2n) is 3.12. The van der Waals surface area contributed by atoms with E-state index >= 15 is 0 Å². The molecule has 16 heavy (non-hydrogen) atoms. The van der Waals surface area contributed by atoms with Crippen LogP contribution < -0.4 is 4.72 Å². The van der Waals surface area contributed by atoms with E-state index in [-0.39, 0.29) is 5.03 Å². The maximum Gasteiger partial charge on any atom is 0.257 e. The molecule has 0 aliphatic rings. The Bertz CT molecular complexity index is 439. The van der Waals surface area contributed by atoms with Crippen LogP contribution in [-0.2, 0) is 14.8 Å². The van der Waals surface area contributed by atoms with Crippen LogP contribution in [0.25, 0.3) is 0 Å². The standard InChI is InChI=1S/C9H15N3O3S/c1-3-15-6-4-5-11-16(13,14)9-7-10-8(2)12-9/h3,7,11H,1,4-6H2,2H3,(H,10,12). The first-order valence-corrected chi connectivity index (χ1v) is 6.28. The van der Waals surface area contributed by atoms with Crippen LogP contribution in [0, 0.1) is 6.92 Å². The fraction of sp³-hybridized carbons (Fsp3) is 0.444. The van der Waals surface area contributed by atoms with Crippen molar-refractivity contribution >= 4 is 10.0 Å². The van der Waals surface area contributed by atoms with E-state index in [4.69, 9.17) is 4.74 Å². The lowest BCUT2D eigenvalue weighted by molar-refractivity contribution is 0.247. The van der Waals surface area contributed by atoms with Gasteiger partial charge in [0.1, 0.15) is 5.82 Å². The van der Waals surface area contributed by atoms with E-state index in [0.29, 0.717) is 25.4 Å². The highest BCUT2D eigenvalue weighted by molar-refractivity contribution is 7.89. The van der Waals surface area contributed by atoms with Crippen molar-refractivity contribution in [1.29, 1.82) is 0 Å². The molecule has 0 aliphatic heterocycles. The van der Waals surface area contributed by atoms with Gasteiger partial charge in [0.05, 0.1) is 19.1 Å². The summed E-state index contributed by atoms with van der Waals surface area (Å²) in [5.41, 5.74) is 0. The van der Waals surface area contributed by atoms with Gasteiger partial charge < -0.3 is 9.72 Å². The fourth-order valence-corrected chi connectivity index (χ4v) is 2.10. The highest BCUT2D eigenvalue weighted by Gasteiger charge is 2.15. The molecular formula is C9H15N3O3S. The minimum absolute atomic E-state index is 0.0784. The van der Waals surface area contributed by atoms with Crippen LogP contribution in [0.4, 0.5) is 0 Å². The van der Waals surface area contributed by atoms with E-state index in [1.165, 1.54) is 12.5 Å². The van der Waals surface area contributed by atoms with E-state index in [2.05, 4.69) is 21.3 Å². The first kappa shape index (κ1) is 12.7. The molecule has 0 atom stereocenters. The lowest BCUT2D eigenvalue weighted by Gasteiger charge is -2.04. The summed E-state index contributed by atoms with van der Waals surface area (Å²) in [5.74, 6) is 0.565. The highest BCUT2D eigenvalue weighted by atomic mass is 32.2. The van der Waals surface area contributed by atoms with Crippen molar-refractivity contribution in [3.63, 3.8) is 0 Å². The number of hydrogen-bond donors (Lipinski definition) is 2. The van der Waals surface area contributed by atoms with Gasteiger partial charge in [-0.3, -0.25) is 0 Å². The monoisotopic (exact) mass is 245 g/mol. The van der Waals surface area contributed by atoms with Gasteiger partial charge >= 0.3 is 0 Å². The molecular weight excluding hydrogens is 230 g/mol. The number of sulfonamides is 1. The van der Waals surface area contributed by atoms with Gasteiger partial charge in [-0.1, -0.05) is 6.58 Å². The lowest BCUT2D eigenvalue weighted by Crippen LogP contribution is -2.25. The molecule has 1 aromatic rings. The first-order chi connectivity index (χ1) is 7.56. The largest absolute Gasteiger partial charge is 0.502 e. The Labute approximate surface area is 94.8 Å². The van der Waals surface area contributed by atoms with Crippen LogP contribution in [0.1, 0.15) is 12.2 Å². The molecule has 6 nitrogen and oxygen atoms in total. The van der Waals surface area contributed by atoms with Gasteiger partial charge in [0.25, 0.3) is 10.0 Å². The molecule has 1 rings (SSSR count). The highest BCUT2D eigenvalue weighted by Crippen LogP contribution is 2.04. The van der Waals surface area contributed by atoms with Gasteiger partial charge in [0.15, 0.2) is 5.03 Å². The van der Waals surface area contributed by atoms with Crippen molar-refractivity contribution < 1.29 is 13.2 Å². The van der Waals surface area contributed by atoms with E-state index in [9.17, 15) is 8.42 Å². The van der Waals surface area contributed by atoms with E-state index in [1.54, 1.807) is 6.92 Å². The maximum absolute atomic E-state index is 11.6. The van der Waals surface area contributed by atoms with Crippen molar-refractivity contribution in [2.45, 2.75) is 18.4 Å². The summed E-state index contributed by atoms with van der Waals surface area (Å²) in [6.45, 7) is 5.83. The number of rotatable bonds is 7. The number of nitrogens with zero attached hydrogens (tertiary/aromatic N) is 1. The third-order valence-corrected chi connectivity index (χ3v) is 3.19. The van der Waals surface area contributed by atoms with Gasteiger partial charge in [0, 0.05) is 6.54 Å². The molecule has 2 N–H and O–H groups in total. The fourth-order valence-electron chi connectivity index (χ4n) is 1.06. The number of ether oxygens (including phenoxy) is 1. The number of hydrogen-bond acceptors (Lipinski definition) is 4. The predicted octanol–water partition coefficient (Wildman–Crippen LogP) is 0.547. The Kier molecular flexibility index (Phi) is 4.51. The van der Waals surface area contributed by atoms with Gasteiger partial charge in [-0.2, -0.15) is 0 Å². The Morgan fingerprint density at radius 3 is 3.00 bits per heavy atom. The molecule has 0 unspecified atom stereocenters. The van der Waals surface area contributed by atoms with E-state index < -0.39 is 10.0 Å². The number of nitrogens with one attached hydrogen (secondary N) is 2. The summed E-state index contributed by atoms with van der Waals surface area (Å²) in [4.78, 5) is 6.49. The van der Waals surface area contributed by atoms with Crippen LogP contribution in [-0.4, -0.2) is 31.5 Å². The molecule has 90 valence electrons. The van der Waals surface area contributed by atoms with Crippen LogP contribution in [0.3, 0.4) is 0 Å². The normalized spacial score (nSPS) is 11.3. The van der Waals surface area contributed by atoms with Crippen molar-refractivity contribution in [2.75, 3.05) is 13.2 Å². The number of aromatic nitrogens is 2. The summed E-state index contributed by atoms with van der Waals surface area (Å²) >= 11 is 0. The Balaban J connectivity index is 2.44. The summed E-state index contributed by atoms with van der Waals surface area (Å²) in [5, 5.41) is 0.0784. The molecule has 0 aromatic carbocycles. The van der Waals surface area contributed by atoms with E-state index in [1.807, 2.05) is 0 Å². The average molecular weight is 245 g/mol. The molecule has 1 aromatic heterocycles. The average Bonchev–Trinajstić information content (AvgIpc) is 2.65. The zero-order chi connectivity index (χ0) is 12.0. The Morgan fingerprint density at radius 1 is 1.69 bits per heavy atom. The molecule has 1 heterocycles. The van der Waals surface area contributed by atoms with Crippen molar-refractivity contribution in [2.24, 2.45) is 0 Å². The van der Waals surface area contributed by atoms with Crippen molar-refractivity contribution in [3.05, 3.63) is 24.9 Å². The van der Waals surface area contributed by atoms with Gasteiger partial charge in [0.2, 0.25) is 0 Å². The second kappa shape index (κ2) is 5.66. The molecule has 7 heteroatoms. The van der Waals surface area contributed by atoms with Gasteiger partial charge in [-0.15, -0.1) is 0 Å². The zero-order valence-electron chi connectivity index (χ0n) is 9.06. The third-order valence-electron chi connectivity index (χ3n) is 1.82. The van der Waals surface area contributed by atoms with Crippen LogP contribution in [0.2, 0.25) is 0 Å². The smallest absolute Gasteiger partial charge is 0.257 e. The minimum atomic E-state index is -3.48. The SMILES string of the molecule is C=COCCCNS(=O)(=O)c1cnc(C)[nH]1. The Morgan fingerprint density at radius 2 is 2.44 bits per heavy atom. The number of imidazole rings is 1. The Hall–Kier alpha value is -1.34. The molecule has 0 radical (unpaired) electrons. The molecule has 0 amide bonds. The quantitative estimate of drug-likeness (QED) is 0.542. The number of aromatic amines is 1. The topological polar surface area (TPSA) is 84.1 Å². The second-order valence-corrected chi connectivity index (χ2v) is 4.86. The zero-order valence-corrected chi connectivity index (χ0v) is 9.88. The number of aryl methyl sites for hydroxylation is 1. The van der Waals surface area contributed by atoms with Gasteiger partial charge in [-0.25, -0.2) is 18.1 Å². The van der Waals surface area contributed by atoms with Crippen LogP contribution in [0.5, 0.6) is 0 Å². The molecule has 0 fully saturated rings. The lowest BCUT2D eigenvalue weighted by atomic mass is 10.5. The van der Waals surface area contributed by atoms with Crippen molar-refractivity contribution in [3.8, 4) is 0 Å². The summed E-state index contributed by atoms with van der Waals surface area (Å²) in [6, 6.07) is 0. The molecule has 0 spiro atoms. The van der Waals surface area contributed by atoms with Crippen molar-refractivity contribution in [1.82, 2.24) is 14.7 Å².